The molecule has 0 spiro atoms. The van der Waals surface area contributed by atoms with Crippen LogP contribution in [0.5, 0.6) is 0 Å². The first-order valence-corrected chi connectivity index (χ1v) is 8.27. The van der Waals surface area contributed by atoms with Gasteiger partial charge in [0.25, 0.3) is 0 Å². The first-order valence-electron chi connectivity index (χ1n) is 7.07. The number of likely N-dealkylation sites (tertiary alicyclic amines) is 1. The second-order valence-corrected chi connectivity index (χ2v) is 6.84. The number of nitrogens with zero attached hydrogens (tertiary/aromatic N) is 1. The number of nitrogens with one attached hydrogen (secondary N) is 1. The van der Waals surface area contributed by atoms with E-state index in [1.807, 2.05) is 18.2 Å². The summed E-state index contributed by atoms with van der Waals surface area (Å²) < 4.78 is 6.39. The molecule has 0 saturated carbocycles. The summed E-state index contributed by atoms with van der Waals surface area (Å²) in [6.07, 6.45) is 4.39. The molecule has 1 atom stereocenters. The molecule has 0 amide bonds. The third-order valence-electron chi connectivity index (χ3n) is 3.68. The first-order chi connectivity index (χ1) is 9.83. The molecule has 1 N–H and O–H groups in total. The average molecular weight is 311 g/mol. The van der Waals surface area contributed by atoms with Gasteiger partial charge >= 0.3 is 0 Å². The van der Waals surface area contributed by atoms with Crippen LogP contribution < -0.4 is 5.32 Å². The summed E-state index contributed by atoms with van der Waals surface area (Å²) in [5, 5.41) is 3.60. The number of thiophene rings is 1. The third-order valence-corrected chi connectivity index (χ3v) is 4.98. The van der Waals surface area contributed by atoms with E-state index >= 15 is 0 Å². The molecule has 1 aliphatic heterocycles. The van der Waals surface area contributed by atoms with Gasteiger partial charge in [0.05, 0.1) is 10.6 Å². The number of hydrogen-bond donors (Lipinski definition) is 1. The summed E-state index contributed by atoms with van der Waals surface area (Å²) in [7, 11) is 0. The second kappa shape index (κ2) is 6.76. The Morgan fingerprint density at radius 3 is 2.80 bits per heavy atom. The Morgan fingerprint density at radius 1 is 1.30 bits per heavy atom. The molecule has 2 aromatic heterocycles. The maximum absolute atomic E-state index is 6.06. The van der Waals surface area contributed by atoms with Crippen LogP contribution in [0.2, 0.25) is 4.34 Å². The highest BCUT2D eigenvalue weighted by Gasteiger charge is 2.19. The molecule has 3 rings (SSSR count). The number of hydrogen-bond acceptors (Lipinski definition) is 4. The predicted octanol–water partition coefficient (Wildman–Crippen LogP) is 3.77. The normalized spacial score (nSPS) is 17.6. The minimum absolute atomic E-state index is 0.102. The van der Waals surface area contributed by atoms with Gasteiger partial charge in [-0.05, 0) is 50.2 Å². The zero-order valence-electron chi connectivity index (χ0n) is 11.3. The van der Waals surface area contributed by atoms with Crippen molar-refractivity contribution >= 4 is 22.9 Å². The van der Waals surface area contributed by atoms with Crippen LogP contribution in [-0.2, 0) is 0 Å². The van der Waals surface area contributed by atoms with Crippen LogP contribution in [0.4, 0.5) is 0 Å². The second-order valence-electron chi connectivity index (χ2n) is 5.09. The highest BCUT2D eigenvalue weighted by molar-refractivity contribution is 7.16. The third kappa shape index (κ3) is 3.44. The van der Waals surface area contributed by atoms with Crippen LogP contribution in [0.25, 0.3) is 0 Å². The molecule has 0 aliphatic carbocycles. The van der Waals surface area contributed by atoms with Crippen LogP contribution in [0.1, 0.15) is 29.5 Å². The van der Waals surface area contributed by atoms with E-state index in [2.05, 4.69) is 16.3 Å². The van der Waals surface area contributed by atoms with Gasteiger partial charge in [0, 0.05) is 18.0 Å². The quantitative estimate of drug-likeness (QED) is 0.880. The molecule has 0 radical (unpaired) electrons. The lowest BCUT2D eigenvalue weighted by molar-refractivity contribution is 0.327. The molecule has 108 valence electrons. The summed E-state index contributed by atoms with van der Waals surface area (Å²) in [5.41, 5.74) is 0. The molecule has 20 heavy (non-hydrogen) atoms. The fraction of sp³-hybridized carbons (Fsp3) is 0.467. The van der Waals surface area contributed by atoms with Crippen molar-refractivity contribution in [2.75, 3.05) is 26.2 Å². The fourth-order valence-corrected chi connectivity index (χ4v) is 3.80. The highest BCUT2D eigenvalue weighted by atomic mass is 35.5. The Kier molecular flexibility index (Phi) is 4.78. The highest BCUT2D eigenvalue weighted by Crippen LogP contribution is 2.31. The van der Waals surface area contributed by atoms with Gasteiger partial charge in [-0.25, -0.2) is 0 Å². The van der Waals surface area contributed by atoms with Gasteiger partial charge in [-0.15, -0.1) is 11.3 Å². The van der Waals surface area contributed by atoms with Gasteiger partial charge in [0.2, 0.25) is 0 Å². The van der Waals surface area contributed by atoms with Gasteiger partial charge in [-0.2, -0.15) is 0 Å². The molecular formula is C15H19ClN2OS. The van der Waals surface area contributed by atoms with Crippen molar-refractivity contribution in [3.8, 4) is 0 Å². The maximum Gasteiger partial charge on any atom is 0.126 e. The van der Waals surface area contributed by atoms with Gasteiger partial charge in [0.15, 0.2) is 0 Å². The Balaban J connectivity index is 1.63. The van der Waals surface area contributed by atoms with Gasteiger partial charge in [-0.3, -0.25) is 0 Å². The molecule has 3 nitrogen and oxygen atoms in total. The van der Waals surface area contributed by atoms with Crippen molar-refractivity contribution in [1.29, 1.82) is 0 Å². The SMILES string of the molecule is Clc1ccc(C(NCCN2CCCC2)c2ccco2)s1. The summed E-state index contributed by atoms with van der Waals surface area (Å²) in [6, 6.07) is 8.06. The van der Waals surface area contributed by atoms with Crippen LogP contribution in [0, 0.1) is 0 Å². The predicted molar refractivity (Wildman–Crippen MR) is 83.6 cm³/mol. The smallest absolute Gasteiger partial charge is 0.126 e. The maximum atomic E-state index is 6.06. The summed E-state index contributed by atoms with van der Waals surface area (Å²) in [6.45, 7) is 4.52. The minimum atomic E-state index is 0.102. The average Bonchev–Trinajstić information content (AvgIpc) is 3.17. The molecule has 1 saturated heterocycles. The van der Waals surface area contributed by atoms with Crippen LogP contribution >= 0.6 is 22.9 Å². The van der Waals surface area contributed by atoms with Crippen LogP contribution in [-0.4, -0.2) is 31.1 Å². The van der Waals surface area contributed by atoms with Crippen molar-refractivity contribution < 1.29 is 4.42 Å². The van der Waals surface area contributed by atoms with Crippen molar-refractivity contribution in [3.63, 3.8) is 0 Å². The van der Waals surface area contributed by atoms with Gasteiger partial charge < -0.3 is 14.6 Å². The summed E-state index contributed by atoms with van der Waals surface area (Å²) in [5.74, 6) is 0.949. The van der Waals surface area contributed by atoms with Crippen LogP contribution in [0.15, 0.2) is 34.9 Å². The number of furan rings is 1. The van der Waals surface area contributed by atoms with Crippen LogP contribution in [0.3, 0.4) is 0 Å². The molecule has 1 aliphatic rings. The number of halogens is 1. The molecule has 1 fully saturated rings. The first kappa shape index (κ1) is 14.1. The standard InChI is InChI=1S/C15H19ClN2OS/c16-14-6-5-13(20-14)15(12-4-3-11-19-12)17-7-10-18-8-1-2-9-18/h3-6,11,15,17H,1-2,7-10H2. The van der Waals surface area contributed by atoms with E-state index in [4.69, 9.17) is 16.0 Å². The molecule has 5 heteroatoms. The molecule has 0 bridgehead atoms. The monoisotopic (exact) mass is 310 g/mol. The molecule has 1 unspecified atom stereocenters. The van der Waals surface area contributed by atoms with Gasteiger partial charge in [0.1, 0.15) is 11.8 Å². The fourth-order valence-electron chi connectivity index (χ4n) is 2.65. The summed E-state index contributed by atoms with van der Waals surface area (Å²) in [4.78, 5) is 3.71. The minimum Gasteiger partial charge on any atom is -0.467 e. The van der Waals surface area contributed by atoms with E-state index in [-0.39, 0.29) is 6.04 Å². The van der Waals surface area contributed by atoms with E-state index in [9.17, 15) is 0 Å². The lowest BCUT2D eigenvalue weighted by Gasteiger charge is -2.19. The molecule has 0 aromatic carbocycles. The lowest BCUT2D eigenvalue weighted by Crippen LogP contribution is -2.32. The van der Waals surface area contributed by atoms with Crippen molar-refractivity contribution in [1.82, 2.24) is 10.2 Å². The van der Waals surface area contributed by atoms with Crippen molar-refractivity contribution in [2.24, 2.45) is 0 Å². The van der Waals surface area contributed by atoms with Gasteiger partial charge in [-0.1, -0.05) is 11.6 Å². The largest absolute Gasteiger partial charge is 0.467 e. The zero-order chi connectivity index (χ0) is 13.8. The van der Waals surface area contributed by atoms with E-state index in [1.54, 1.807) is 17.6 Å². The zero-order valence-corrected chi connectivity index (χ0v) is 12.9. The van der Waals surface area contributed by atoms with E-state index in [0.29, 0.717) is 0 Å². The number of rotatable bonds is 6. The molecular weight excluding hydrogens is 292 g/mol. The molecule has 3 heterocycles. The Hall–Kier alpha value is -0.810. The van der Waals surface area contributed by atoms with E-state index < -0.39 is 0 Å². The Labute approximate surface area is 128 Å². The van der Waals surface area contributed by atoms with Crippen molar-refractivity contribution in [3.05, 3.63) is 45.5 Å². The van der Waals surface area contributed by atoms with E-state index in [0.717, 1.165) is 23.2 Å². The molecule has 2 aromatic rings. The topological polar surface area (TPSA) is 28.4 Å². The Morgan fingerprint density at radius 2 is 2.15 bits per heavy atom. The summed E-state index contributed by atoms with van der Waals surface area (Å²) >= 11 is 7.66. The van der Waals surface area contributed by atoms with Crippen molar-refractivity contribution in [2.45, 2.75) is 18.9 Å². The Bertz CT molecular complexity index is 520. The van der Waals surface area contributed by atoms with E-state index in [1.165, 1.54) is 30.8 Å². The lowest BCUT2D eigenvalue weighted by atomic mass is 10.2.